The molecule has 3 rings (SSSR count). The van der Waals surface area contributed by atoms with Crippen LogP contribution in [-0.2, 0) is 11.0 Å². The number of aryl methyl sites for hydroxylation is 2. The SMILES string of the molecule is C#C.CC(=O)C(CC1CCCCC1)N(C)C(=O)c1c(C)cccc1C(F)(F)F.Cc1ccc(C(=O)O)cn1. The molecular formula is C29H35F3N2O4. The van der Waals surface area contributed by atoms with Crippen molar-refractivity contribution in [2.45, 2.75) is 71.5 Å². The van der Waals surface area contributed by atoms with E-state index in [1.807, 2.05) is 6.92 Å². The molecule has 0 aliphatic heterocycles. The summed E-state index contributed by atoms with van der Waals surface area (Å²) in [6.07, 6.45) is 10.6. The number of carbonyl (C=O) groups is 3. The number of terminal acetylenes is 1. The Morgan fingerprint density at radius 3 is 2.16 bits per heavy atom. The number of aromatic carboxylic acids is 1. The predicted octanol–water partition coefficient (Wildman–Crippen LogP) is 6.35. The van der Waals surface area contributed by atoms with E-state index in [2.05, 4.69) is 17.8 Å². The molecule has 1 aromatic heterocycles. The number of carboxylic acid groups (broad SMARTS) is 1. The first-order chi connectivity index (χ1) is 17.8. The van der Waals surface area contributed by atoms with Gasteiger partial charge in [0.15, 0.2) is 5.78 Å². The molecule has 2 aromatic rings. The second-order valence-electron chi connectivity index (χ2n) is 9.27. The molecule has 0 spiro atoms. The van der Waals surface area contributed by atoms with Gasteiger partial charge in [-0.25, -0.2) is 4.79 Å². The third kappa shape index (κ3) is 9.33. The number of amides is 1. The summed E-state index contributed by atoms with van der Waals surface area (Å²) < 4.78 is 40.0. The molecule has 38 heavy (non-hydrogen) atoms. The standard InChI is InChI=1S/C20H26F3NO2.C7H7NO2.C2H2/c1-13-8-7-11-16(20(21,22)23)18(13)19(26)24(3)17(14(2)25)12-15-9-5-4-6-10-15;1-5-2-3-6(4-8-5)7(9)10;1-2/h7-8,11,15,17H,4-6,9-10,12H2,1-3H3;2-4H,1H3,(H,9,10);1-2H. The third-order valence-electron chi connectivity index (χ3n) is 6.49. The van der Waals surface area contributed by atoms with E-state index in [-0.39, 0.29) is 22.5 Å². The maximum atomic E-state index is 13.3. The van der Waals surface area contributed by atoms with E-state index in [1.165, 1.54) is 56.6 Å². The lowest BCUT2D eigenvalue weighted by Gasteiger charge is -2.32. The average molecular weight is 533 g/mol. The summed E-state index contributed by atoms with van der Waals surface area (Å²) in [4.78, 5) is 40.3. The zero-order valence-electron chi connectivity index (χ0n) is 22.2. The minimum absolute atomic E-state index is 0.187. The molecule has 1 amide bonds. The number of likely N-dealkylation sites (N-methyl/N-ethyl adjacent to an activating group) is 1. The number of ketones is 1. The van der Waals surface area contributed by atoms with Crippen molar-refractivity contribution in [2.24, 2.45) is 5.92 Å². The molecule has 0 radical (unpaired) electrons. The second-order valence-corrected chi connectivity index (χ2v) is 9.27. The number of pyridine rings is 1. The first-order valence-corrected chi connectivity index (χ1v) is 12.3. The molecule has 1 saturated carbocycles. The molecule has 1 aliphatic rings. The highest BCUT2D eigenvalue weighted by Gasteiger charge is 2.38. The van der Waals surface area contributed by atoms with E-state index in [0.717, 1.165) is 37.4 Å². The summed E-state index contributed by atoms with van der Waals surface area (Å²) in [7, 11) is 1.43. The number of hydrogen-bond acceptors (Lipinski definition) is 4. The number of alkyl halides is 3. The highest BCUT2D eigenvalue weighted by Crippen LogP contribution is 2.35. The highest BCUT2D eigenvalue weighted by atomic mass is 19.4. The second kappa shape index (κ2) is 14.9. The zero-order chi connectivity index (χ0) is 29.0. The molecule has 1 unspecified atom stereocenters. The van der Waals surface area contributed by atoms with Crippen molar-refractivity contribution in [3.63, 3.8) is 0 Å². The number of aromatic nitrogens is 1. The number of carbonyl (C=O) groups excluding carboxylic acids is 2. The van der Waals surface area contributed by atoms with Crippen LogP contribution in [0.3, 0.4) is 0 Å². The van der Waals surface area contributed by atoms with Crippen LogP contribution < -0.4 is 0 Å². The van der Waals surface area contributed by atoms with Crippen molar-refractivity contribution in [2.75, 3.05) is 7.05 Å². The van der Waals surface area contributed by atoms with Crippen LogP contribution in [0.5, 0.6) is 0 Å². The number of Topliss-reactive ketones (excluding diaryl/α,β-unsaturated/α-hetero) is 1. The van der Waals surface area contributed by atoms with Crippen LogP contribution in [0.2, 0.25) is 0 Å². The topological polar surface area (TPSA) is 87.6 Å². The number of benzene rings is 1. The molecule has 0 bridgehead atoms. The maximum absolute atomic E-state index is 13.3. The summed E-state index contributed by atoms with van der Waals surface area (Å²) in [6.45, 7) is 4.70. The first kappa shape index (κ1) is 32.4. The van der Waals surface area contributed by atoms with Gasteiger partial charge in [-0.15, -0.1) is 12.8 Å². The number of carboxylic acids is 1. The van der Waals surface area contributed by atoms with Crippen molar-refractivity contribution >= 4 is 17.7 Å². The van der Waals surface area contributed by atoms with Gasteiger partial charge in [-0.05, 0) is 56.9 Å². The van der Waals surface area contributed by atoms with E-state index >= 15 is 0 Å². The van der Waals surface area contributed by atoms with Crippen molar-refractivity contribution in [1.29, 1.82) is 0 Å². The van der Waals surface area contributed by atoms with Crippen molar-refractivity contribution in [1.82, 2.24) is 9.88 Å². The molecule has 1 fully saturated rings. The number of rotatable bonds is 6. The highest BCUT2D eigenvalue weighted by molar-refractivity contribution is 5.99. The fourth-order valence-electron chi connectivity index (χ4n) is 4.44. The number of halogens is 3. The van der Waals surface area contributed by atoms with Crippen LogP contribution in [0, 0.1) is 32.6 Å². The van der Waals surface area contributed by atoms with Crippen molar-refractivity contribution < 1.29 is 32.7 Å². The molecule has 0 saturated heterocycles. The molecular weight excluding hydrogens is 497 g/mol. The molecule has 1 aliphatic carbocycles. The van der Waals surface area contributed by atoms with Crippen molar-refractivity contribution in [3.05, 3.63) is 64.5 Å². The quantitative estimate of drug-likeness (QED) is 0.438. The minimum atomic E-state index is -4.62. The Labute approximate surface area is 222 Å². The van der Waals surface area contributed by atoms with E-state index in [1.54, 1.807) is 6.07 Å². The van der Waals surface area contributed by atoms with E-state index in [4.69, 9.17) is 5.11 Å². The Bertz CT molecular complexity index is 1110. The smallest absolute Gasteiger partial charge is 0.417 e. The summed E-state index contributed by atoms with van der Waals surface area (Å²) in [5, 5.41) is 8.44. The maximum Gasteiger partial charge on any atom is 0.417 e. The Morgan fingerprint density at radius 1 is 1.08 bits per heavy atom. The Balaban J connectivity index is 0.000000501. The molecule has 1 aromatic carbocycles. The van der Waals surface area contributed by atoms with Crippen LogP contribution >= 0.6 is 0 Å². The zero-order valence-corrected chi connectivity index (χ0v) is 22.2. The molecule has 1 N–H and O–H groups in total. The Morgan fingerprint density at radius 2 is 1.68 bits per heavy atom. The lowest BCUT2D eigenvalue weighted by molar-refractivity contribution is -0.138. The summed E-state index contributed by atoms with van der Waals surface area (Å²) in [5.74, 6) is -1.53. The number of nitrogens with zero attached hydrogens (tertiary/aromatic N) is 2. The van der Waals surface area contributed by atoms with E-state index < -0.39 is 29.7 Å². The van der Waals surface area contributed by atoms with Gasteiger partial charge in [0.1, 0.15) is 0 Å². The largest absolute Gasteiger partial charge is 0.478 e. The molecule has 1 heterocycles. The van der Waals surface area contributed by atoms with E-state index in [0.29, 0.717) is 12.3 Å². The van der Waals surface area contributed by atoms with Gasteiger partial charge in [-0.3, -0.25) is 14.6 Å². The fourth-order valence-corrected chi connectivity index (χ4v) is 4.44. The average Bonchev–Trinajstić information content (AvgIpc) is 2.88. The van der Waals surface area contributed by atoms with Crippen LogP contribution in [0.15, 0.2) is 36.5 Å². The fraction of sp³-hybridized carbons (Fsp3) is 0.448. The van der Waals surface area contributed by atoms with Crippen LogP contribution in [0.1, 0.15) is 83.0 Å². The van der Waals surface area contributed by atoms with Gasteiger partial charge in [-0.2, -0.15) is 13.2 Å². The monoisotopic (exact) mass is 532 g/mol. The van der Waals surface area contributed by atoms with Crippen LogP contribution in [0.4, 0.5) is 13.2 Å². The van der Waals surface area contributed by atoms with Gasteiger partial charge >= 0.3 is 12.1 Å². The van der Waals surface area contributed by atoms with Gasteiger partial charge in [0.2, 0.25) is 0 Å². The van der Waals surface area contributed by atoms with Crippen LogP contribution in [0.25, 0.3) is 0 Å². The lowest BCUT2D eigenvalue weighted by atomic mass is 9.83. The number of hydrogen-bond donors (Lipinski definition) is 1. The Kier molecular flexibility index (Phi) is 12.7. The van der Waals surface area contributed by atoms with Gasteiger partial charge in [0, 0.05) is 18.9 Å². The van der Waals surface area contributed by atoms with Gasteiger partial charge in [0.25, 0.3) is 5.91 Å². The summed E-state index contributed by atoms with van der Waals surface area (Å²) in [6, 6.07) is 6.21. The normalized spacial score (nSPS) is 14.1. The van der Waals surface area contributed by atoms with E-state index in [9.17, 15) is 27.6 Å². The van der Waals surface area contributed by atoms with Crippen LogP contribution in [-0.4, -0.2) is 45.7 Å². The Hall–Kier alpha value is -3.67. The third-order valence-corrected chi connectivity index (χ3v) is 6.49. The molecule has 9 heteroatoms. The van der Waals surface area contributed by atoms with Gasteiger partial charge in [0.05, 0.1) is 22.7 Å². The summed E-state index contributed by atoms with van der Waals surface area (Å²) in [5.41, 5.74) is -0.000967. The minimum Gasteiger partial charge on any atom is -0.478 e. The van der Waals surface area contributed by atoms with Gasteiger partial charge < -0.3 is 10.0 Å². The van der Waals surface area contributed by atoms with Crippen molar-refractivity contribution in [3.8, 4) is 12.8 Å². The van der Waals surface area contributed by atoms with Gasteiger partial charge in [-0.1, -0.05) is 44.2 Å². The molecule has 6 nitrogen and oxygen atoms in total. The summed E-state index contributed by atoms with van der Waals surface area (Å²) >= 11 is 0. The predicted molar refractivity (Wildman–Crippen MR) is 140 cm³/mol. The molecule has 206 valence electrons. The molecule has 1 atom stereocenters. The lowest BCUT2D eigenvalue weighted by Crippen LogP contribution is -2.43. The first-order valence-electron chi connectivity index (χ1n) is 12.3.